The van der Waals surface area contributed by atoms with E-state index in [1.165, 1.54) is 0 Å². The summed E-state index contributed by atoms with van der Waals surface area (Å²) in [4.78, 5) is 0. The van der Waals surface area contributed by atoms with Gasteiger partial charge in [0.25, 0.3) is 0 Å². The molecule has 1 aliphatic carbocycles. The fourth-order valence-electron chi connectivity index (χ4n) is 1.76. The maximum Gasteiger partial charge on any atom is 0.148 e. The minimum absolute atomic E-state index is 0.459. The Labute approximate surface area is 84.3 Å². The van der Waals surface area contributed by atoms with Crippen LogP contribution in [0.5, 0.6) is 0 Å². The lowest BCUT2D eigenvalue weighted by Gasteiger charge is -2.35. The number of aromatic nitrogens is 2. The molecule has 0 bridgehead atoms. The van der Waals surface area contributed by atoms with Crippen LogP contribution in [-0.4, -0.2) is 28.5 Å². The standard InChI is InChI=1S/C10H17N3O/c1-3-14-9-6-8(7-9)11-10-4-5-13(2)12-10/h4-5,8-9H,3,6-7H2,1-2H3,(H,11,12). The van der Waals surface area contributed by atoms with Crippen LogP contribution < -0.4 is 5.32 Å². The highest BCUT2D eigenvalue weighted by Gasteiger charge is 2.29. The van der Waals surface area contributed by atoms with E-state index >= 15 is 0 Å². The van der Waals surface area contributed by atoms with Gasteiger partial charge in [-0.25, -0.2) is 0 Å². The Morgan fingerprint density at radius 3 is 3.00 bits per heavy atom. The van der Waals surface area contributed by atoms with E-state index < -0.39 is 0 Å². The summed E-state index contributed by atoms with van der Waals surface area (Å²) in [5.74, 6) is 0.965. The molecule has 2 rings (SSSR count). The Balaban J connectivity index is 1.74. The highest BCUT2D eigenvalue weighted by Crippen LogP contribution is 2.25. The molecule has 1 N–H and O–H groups in total. The van der Waals surface area contributed by atoms with Gasteiger partial charge in [-0.1, -0.05) is 0 Å². The smallest absolute Gasteiger partial charge is 0.148 e. The molecule has 4 nitrogen and oxygen atoms in total. The minimum atomic E-state index is 0.459. The van der Waals surface area contributed by atoms with Crippen molar-refractivity contribution in [3.63, 3.8) is 0 Å². The summed E-state index contributed by atoms with van der Waals surface area (Å²) in [6.07, 6.45) is 4.61. The van der Waals surface area contributed by atoms with Gasteiger partial charge in [-0.2, -0.15) is 5.10 Å². The summed E-state index contributed by atoms with van der Waals surface area (Å²) in [6, 6.07) is 2.54. The zero-order valence-corrected chi connectivity index (χ0v) is 8.73. The number of nitrogens with zero attached hydrogens (tertiary/aromatic N) is 2. The minimum Gasteiger partial charge on any atom is -0.378 e. The molecule has 0 spiro atoms. The summed E-state index contributed by atoms with van der Waals surface area (Å²) < 4.78 is 7.29. The quantitative estimate of drug-likeness (QED) is 0.789. The van der Waals surface area contributed by atoms with Gasteiger partial charge < -0.3 is 10.1 Å². The lowest BCUT2D eigenvalue weighted by molar-refractivity contribution is 0.00292. The lowest BCUT2D eigenvalue weighted by Crippen LogP contribution is -2.40. The van der Waals surface area contributed by atoms with Crippen LogP contribution in [0.25, 0.3) is 0 Å². The van der Waals surface area contributed by atoms with E-state index in [9.17, 15) is 0 Å². The third kappa shape index (κ3) is 2.07. The molecule has 0 radical (unpaired) electrons. The fourth-order valence-corrected chi connectivity index (χ4v) is 1.76. The van der Waals surface area contributed by atoms with E-state index in [0.717, 1.165) is 25.3 Å². The van der Waals surface area contributed by atoms with Gasteiger partial charge in [-0.3, -0.25) is 4.68 Å². The van der Waals surface area contributed by atoms with Crippen molar-refractivity contribution in [1.29, 1.82) is 0 Å². The highest BCUT2D eigenvalue weighted by atomic mass is 16.5. The number of ether oxygens (including phenoxy) is 1. The van der Waals surface area contributed by atoms with Crippen LogP contribution >= 0.6 is 0 Å². The average molecular weight is 195 g/mol. The molecule has 1 aromatic heterocycles. The van der Waals surface area contributed by atoms with Crippen molar-refractivity contribution in [2.24, 2.45) is 7.05 Å². The maximum atomic E-state index is 5.49. The van der Waals surface area contributed by atoms with Crippen molar-refractivity contribution in [3.8, 4) is 0 Å². The summed E-state index contributed by atoms with van der Waals surface area (Å²) in [6.45, 7) is 2.86. The molecule has 0 amide bonds. The Hall–Kier alpha value is -1.03. The third-order valence-corrected chi connectivity index (χ3v) is 2.56. The van der Waals surface area contributed by atoms with E-state index in [1.54, 1.807) is 4.68 Å². The summed E-state index contributed by atoms with van der Waals surface area (Å²) in [5.41, 5.74) is 0. The largest absolute Gasteiger partial charge is 0.378 e. The molecule has 4 heteroatoms. The molecule has 1 aromatic rings. The fraction of sp³-hybridized carbons (Fsp3) is 0.700. The van der Waals surface area contributed by atoms with Gasteiger partial charge in [0.1, 0.15) is 5.82 Å². The Kier molecular flexibility index (Phi) is 2.72. The number of hydrogen-bond acceptors (Lipinski definition) is 3. The van der Waals surface area contributed by atoms with Crippen LogP contribution in [0.4, 0.5) is 5.82 Å². The van der Waals surface area contributed by atoms with Crippen LogP contribution in [0.15, 0.2) is 12.3 Å². The average Bonchev–Trinajstić information content (AvgIpc) is 2.48. The van der Waals surface area contributed by atoms with Gasteiger partial charge >= 0.3 is 0 Å². The van der Waals surface area contributed by atoms with Crippen LogP contribution in [0.3, 0.4) is 0 Å². The van der Waals surface area contributed by atoms with Crippen LogP contribution in [0.2, 0.25) is 0 Å². The van der Waals surface area contributed by atoms with Gasteiger partial charge in [0.15, 0.2) is 0 Å². The van der Waals surface area contributed by atoms with E-state index in [4.69, 9.17) is 4.74 Å². The number of rotatable bonds is 4. The molecule has 78 valence electrons. The van der Waals surface area contributed by atoms with E-state index in [2.05, 4.69) is 10.4 Å². The Morgan fingerprint density at radius 1 is 1.64 bits per heavy atom. The van der Waals surface area contributed by atoms with Crippen LogP contribution in [0, 0.1) is 0 Å². The van der Waals surface area contributed by atoms with Gasteiger partial charge in [0, 0.05) is 32.0 Å². The molecule has 1 fully saturated rings. The molecule has 0 aromatic carbocycles. The molecule has 1 saturated carbocycles. The summed E-state index contributed by atoms with van der Waals surface area (Å²) >= 11 is 0. The highest BCUT2D eigenvalue weighted by molar-refractivity contribution is 5.34. The second kappa shape index (κ2) is 4.00. The van der Waals surface area contributed by atoms with Crippen molar-refractivity contribution in [1.82, 2.24) is 9.78 Å². The monoisotopic (exact) mass is 195 g/mol. The van der Waals surface area contributed by atoms with Crippen molar-refractivity contribution in [2.45, 2.75) is 31.9 Å². The lowest BCUT2D eigenvalue weighted by atomic mass is 9.89. The molecular weight excluding hydrogens is 178 g/mol. The first-order chi connectivity index (χ1) is 6.78. The van der Waals surface area contributed by atoms with Gasteiger partial charge in [-0.15, -0.1) is 0 Å². The normalized spacial score (nSPS) is 25.9. The predicted molar refractivity (Wildman–Crippen MR) is 55.3 cm³/mol. The van der Waals surface area contributed by atoms with E-state index in [-0.39, 0.29) is 0 Å². The first-order valence-electron chi connectivity index (χ1n) is 5.15. The summed E-state index contributed by atoms with van der Waals surface area (Å²) in [5, 5.41) is 7.64. The maximum absolute atomic E-state index is 5.49. The third-order valence-electron chi connectivity index (χ3n) is 2.56. The van der Waals surface area contributed by atoms with Crippen molar-refractivity contribution in [2.75, 3.05) is 11.9 Å². The second-order valence-electron chi connectivity index (χ2n) is 3.76. The Bertz CT molecular complexity index is 291. The number of aryl methyl sites for hydroxylation is 1. The van der Waals surface area contributed by atoms with Crippen LogP contribution in [-0.2, 0) is 11.8 Å². The van der Waals surface area contributed by atoms with Crippen molar-refractivity contribution in [3.05, 3.63) is 12.3 Å². The van der Waals surface area contributed by atoms with E-state index in [1.807, 2.05) is 26.2 Å². The number of anilines is 1. The second-order valence-corrected chi connectivity index (χ2v) is 3.76. The first-order valence-corrected chi connectivity index (χ1v) is 5.15. The molecular formula is C10H17N3O. The SMILES string of the molecule is CCOC1CC(Nc2ccn(C)n2)C1. The summed E-state index contributed by atoms with van der Waals surface area (Å²) in [7, 11) is 1.93. The number of nitrogens with one attached hydrogen (secondary N) is 1. The van der Waals surface area contributed by atoms with Crippen molar-refractivity contribution >= 4 is 5.82 Å². The van der Waals surface area contributed by atoms with Crippen molar-refractivity contribution < 1.29 is 4.74 Å². The molecule has 14 heavy (non-hydrogen) atoms. The van der Waals surface area contributed by atoms with Gasteiger partial charge in [-0.05, 0) is 19.8 Å². The molecule has 1 aliphatic rings. The van der Waals surface area contributed by atoms with Gasteiger partial charge in [0.2, 0.25) is 0 Å². The topological polar surface area (TPSA) is 39.1 Å². The van der Waals surface area contributed by atoms with Crippen LogP contribution in [0.1, 0.15) is 19.8 Å². The number of hydrogen-bond donors (Lipinski definition) is 1. The Morgan fingerprint density at radius 2 is 2.43 bits per heavy atom. The molecule has 0 saturated heterocycles. The first kappa shape index (κ1) is 9.52. The molecule has 0 atom stereocenters. The predicted octanol–water partition coefficient (Wildman–Crippen LogP) is 1.40. The molecule has 1 heterocycles. The van der Waals surface area contributed by atoms with Gasteiger partial charge in [0.05, 0.1) is 6.10 Å². The zero-order chi connectivity index (χ0) is 9.97. The molecule has 0 unspecified atom stereocenters. The zero-order valence-electron chi connectivity index (χ0n) is 8.73. The molecule has 0 aliphatic heterocycles. The van der Waals surface area contributed by atoms with E-state index in [0.29, 0.717) is 12.1 Å².